The molecule has 0 radical (unpaired) electrons. The molecule has 0 N–H and O–H groups in total. The summed E-state index contributed by atoms with van der Waals surface area (Å²) >= 11 is 0. The third-order valence-electron chi connectivity index (χ3n) is 9.19. The fourth-order valence-corrected chi connectivity index (χ4v) is 6.83. The second-order valence-electron chi connectivity index (χ2n) is 11.4. The fraction of sp³-hybridized carbons (Fsp3) is 0.419. The number of piperidine rings is 1. The number of carbonyl (C=O) groups is 3. The molecule has 0 unspecified atom stereocenters. The number of hydrogen-bond donors (Lipinski definition) is 0. The number of aromatic nitrogens is 1. The van der Waals surface area contributed by atoms with Gasteiger partial charge in [-0.2, -0.15) is 0 Å². The summed E-state index contributed by atoms with van der Waals surface area (Å²) in [6, 6.07) is 12.6. The van der Waals surface area contributed by atoms with Gasteiger partial charge in [0.25, 0.3) is 5.91 Å². The number of fused-ring (bicyclic) bond motifs is 3. The predicted octanol–water partition coefficient (Wildman–Crippen LogP) is 3.73. The number of ketones is 1. The van der Waals surface area contributed by atoms with Gasteiger partial charge in [-0.05, 0) is 55.0 Å². The van der Waals surface area contributed by atoms with Crippen molar-refractivity contribution in [3.8, 4) is 0 Å². The molecule has 0 atom stereocenters. The lowest BCUT2D eigenvalue weighted by Gasteiger charge is -2.41. The maximum atomic E-state index is 14.5. The average Bonchev–Trinajstić information content (AvgIpc) is 3.78. The van der Waals surface area contributed by atoms with E-state index in [1.54, 1.807) is 17.2 Å². The first kappa shape index (κ1) is 24.2. The zero-order valence-electron chi connectivity index (χ0n) is 21.9. The second kappa shape index (κ2) is 9.14. The molecule has 2 saturated heterocycles. The Bertz CT molecular complexity index is 1500. The van der Waals surface area contributed by atoms with Gasteiger partial charge in [0, 0.05) is 63.2 Å². The zero-order chi connectivity index (χ0) is 26.7. The number of rotatable bonds is 3. The molecule has 1 saturated carbocycles. The lowest BCUT2D eigenvalue weighted by atomic mass is 9.73. The summed E-state index contributed by atoms with van der Waals surface area (Å²) in [5.41, 5.74) is 3.53. The van der Waals surface area contributed by atoms with Crippen molar-refractivity contribution in [2.75, 3.05) is 44.2 Å². The Morgan fingerprint density at radius 3 is 2.38 bits per heavy atom. The molecule has 1 spiro atoms. The minimum Gasteiger partial charge on any atom is -0.370 e. The molecule has 8 heteroatoms. The highest BCUT2D eigenvalue weighted by Gasteiger charge is 2.48. The van der Waals surface area contributed by atoms with E-state index in [-0.39, 0.29) is 29.3 Å². The van der Waals surface area contributed by atoms with Crippen LogP contribution in [0.5, 0.6) is 0 Å². The van der Waals surface area contributed by atoms with Gasteiger partial charge in [-0.3, -0.25) is 19.4 Å². The molecular weight excluding hydrogens is 495 g/mol. The van der Waals surface area contributed by atoms with Crippen LogP contribution in [0.1, 0.15) is 47.2 Å². The molecule has 3 aromatic rings. The summed E-state index contributed by atoms with van der Waals surface area (Å²) in [6.45, 7) is 3.15. The largest absolute Gasteiger partial charge is 0.370 e. The van der Waals surface area contributed by atoms with E-state index in [2.05, 4.69) is 16.0 Å². The number of nitrogens with zero attached hydrogens (tertiary/aromatic N) is 4. The third-order valence-corrected chi connectivity index (χ3v) is 9.19. The van der Waals surface area contributed by atoms with E-state index in [0.717, 1.165) is 24.0 Å². The van der Waals surface area contributed by atoms with Crippen LogP contribution in [-0.4, -0.2) is 71.6 Å². The SMILES string of the molecule is O=C(c1cnc2ccc(F)cc2c1N1CCC2(CC1)C(=O)Cc1ccccc12)N1CCN(C(=O)C2CC2)CC1. The molecule has 2 aliphatic carbocycles. The lowest BCUT2D eigenvalue weighted by Crippen LogP contribution is -2.51. The molecule has 4 aliphatic rings. The van der Waals surface area contributed by atoms with Crippen LogP contribution >= 0.6 is 0 Å². The van der Waals surface area contributed by atoms with E-state index in [1.165, 1.54) is 12.1 Å². The van der Waals surface area contributed by atoms with E-state index >= 15 is 0 Å². The molecule has 3 fully saturated rings. The van der Waals surface area contributed by atoms with Crippen molar-refractivity contribution >= 4 is 34.2 Å². The first-order valence-corrected chi connectivity index (χ1v) is 14.0. The number of piperazine rings is 1. The van der Waals surface area contributed by atoms with Crippen LogP contribution in [0.2, 0.25) is 0 Å². The van der Waals surface area contributed by atoms with Gasteiger partial charge < -0.3 is 14.7 Å². The Balaban J connectivity index is 1.19. The summed E-state index contributed by atoms with van der Waals surface area (Å²) in [7, 11) is 0. The van der Waals surface area contributed by atoms with Crippen LogP contribution in [-0.2, 0) is 21.4 Å². The van der Waals surface area contributed by atoms with Crippen molar-refractivity contribution in [3.63, 3.8) is 0 Å². The summed E-state index contributed by atoms with van der Waals surface area (Å²) in [5, 5.41) is 0.609. The Morgan fingerprint density at radius 2 is 1.64 bits per heavy atom. The number of benzene rings is 2. The zero-order valence-corrected chi connectivity index (χ0v) is 21.9. The van der Waals surface area contributed by atoms with Gasteiger partial charge in [0.2, 0.25) is 5.91 Å². The fourth-order valence-electron chi connectivity index (χ4n) is 6.83. The number of Topliss-reactive ketones (excluding diaryl/α,β-unsaturated/α-hetero) is 1. The van der Waals surface area contributed by atoms with Crippen molar-refractivity contribution in [1.82, 2.24) is 14.8 Å². The quantitative estimate of drug-likeness (QED) is 0.520. The third kappa shape index (κ3) is 3.99. The number of carbonyl (C=O) groups excluding carboxylic acids is 3. The van der Waals surface area contributed by atoms with Gasteiger partial charge >= 0.3 is 0 Å². The predicted molar refractivity (Wildman–Crippen MR) is 145 cm³/mol. The molecule has 2 aliphatic heterocycles. The lowest BCUT2D eigenvalue weighted by molar-refractivity contribution is -0.134. The van der Waals surface area contributed by atoms with Crippen molar-refractivity contribution in [2.45, 2.75) is 37.5 Å². The minimum atomic E-state index is -0.490. The maximum absolute atomic E-state index is 14.5. The molecular formula is C31H31FN4O3. The second-order valence-corrected chi connectivity index (χ2v) is 11.4. The number of pyridine rings is 1. The summed E-state index contributed by atoms with van der Waals surface area (Å²) < 4.78 is 14.5. The standard InChI is InChI=1S/C31H31FN4O3/c32-22-7-8-26-23(18-22)28(34-11-9-31(10-12-34)25-4-2-1-3-21(25)17-27(31)37)24(19-33-26)30(39)36-15-13-35(14-16-36)29(38)20-5-6-20/h1-4,7-8,18-20H,5-6,9-17H2. The normalized spacial score (nSPS) is 20.5. The van der Waals surface area contributed by atoms with Crippen LogP contribution < -0.4 is 4.90 Å². The van der Waals surface area contributed by atoms with Crippen LogP contribution in [0.4, 0.5) is 10.1 Å². The van der Waals surface area contributed by atoms with Crippen LogP contribution in [0.3, 0.4) is 0 Å². The van der Waals surface area contributed by atoms with Crippen LogP contribution in [0, 0.1) is 11.7 Å². The molecule has 1 aromatic heterocycles. The van der Waals surface area contributed by atoms with Crippen LogP contribution in [0.25, 0.3) is 10.9 Å². The van der Waals surface area contributed by atoms with Crippen molar-refractivity contribution in [2.24, 2.45) is 5.92 Å². The number of amides is 2. The number of halogens is 1. The van der Waals surface area contributed by atoms with Crippen LogP contribution in [0.15, 0.2) is 48.7 Å². The molecule has 3 heterocycles. The van der Waals surface area contributed by atoms with Gasteiger partial charge in [-0.1, -0.05) is 24.3 Å². The first-order chi connectivity index (χ1) is 18.9. The van der Waals surface area contributed by atoms with Gasteiger partial charge in [0.15, 0.2) is 0 Å². The van der Waals surface area contributed by atoms with E-state index in [0.29, 0.717) is 80.7 Å². The highest BCUT2D eigenvalue weighted by molar-refractivity contribution is 6.07. The Labute approximate surface area is 226 Å². The summed E-state index contributed by atoms with van der Waals surface area (Å²) in [4.78, 5) is 49.9. The first-order valence-electron chi connectivity index (χ1n) is 14.0. The highest BCUT2D eigenvalue weighted by Crippen LogP contribution is 2.45. The van der Waals surface area contributed by atoms with Gasteiger partial charge in [0.1, 0.15) is 11.6 Å². The van der Waals surface area contributed by atoms with E-state index in [4.69, 9.17) is 0 Å². The molecule has 200 valence electrons. The molecule has 2 aromatic carbocycles. The smallest absolute Gasteiger partial charge is 0.257 e. The van der Waals surface area contributed by atoms with Crippen molar-refractivity contribution < 1.29 is 18.8 Å². The van der Waals surface area contributed by atoms with Crippen molar-refractivity contribution in [1.29, 1.82) is 0 Å². The van der Waals surface area contributed by atoms with Crippen molar-refractivity contribution in [3.05, 3.63) is 71.2 Å². The van der Waals surface area contributed by atoms with E-state index < -0.39 is 5.41 Å². The highest BCUT2D eigenvalue weighted by atomic mass is 19.1. The van der Waals surface area contributed by atoms with E-state index in [9.17, 15) is 18.8 Å². The molecule has 2 amide bonds. The summed E-state index contributed by atoms with van der Waals surface area (Å²) in [5.74, 6) is 0.111. The minimum absolute atomic E-state index is 0.148. The molecule has 7 rings (SSSR count). The number of hydrogen-bond acceptors (Lipinski definition) is 5. The number of anilines is 1. The molecule has 39 heavy (non-hydrogen) atoms. The monoisotopic (exact) mass is 526 g/mol. The molecule has 0 bridgehead atoms. The Hall–Kier alpha value is -3.81. The summed E-state index contributed by atoms with van der Waals surface area (Å²) in [6.07, 6.45) is 5.32. The topological polar surface area (TPSA) is 73.8 Å². The van der Waals surface area contributed by atoms with Gasteiger partial charge in [0.05, 0.1) is 22.2 Å². The Kier molecular flexibility index (Phi) is 5.68. The Morgan fingerprint density at radius 1 is 0.923 bits per heavy atom. The molecule has 7 nitrogen and oxygen atoms in total. The van der Waals surface area contributed by atoms with Gasteiger partial charge in [-0.15, -0.1) is 0 Å². The maximum Gasteiger partial charge on any atom is 0.257 e. The average molecular weight is 527 g/mol. The van der Waals surface area contributed by atoms with Gasteiger partial charge in [-0.25, -0.2) is 4.39 Å². The van der Waals surface area contributed by atoms with E-state index in [1.807, 2.05) is 23.1 Å².